The molecule has 0 bridgehead atoms. The highest BCUT2D eigenvalue weighted by molar-refractivity contribution is 5.97. The largest absolute Gasteiger partial charge is 0.393 e. The lowest BCUT2D eigenvalue weighted by atomic mass is 9.93. The quantitative estimate of drug-likeness (QED) is 0.896. The van der Waals surface area contributed by atoms with Crippen molar-refractivity contribution in [2.75, 3.05) is 0 Å². The fourth-order valence-electron chi connectivity index (χ4n) is 2.84. The average molecular weight is 288 g/mol. The van der Waals surface area contributed by atoms with E-state index >= 15 is 0 Å². The van der Waals surface area contributed by atoms with Gasteiger partial charge in [0.1, 0.15) is 5.52 Å². The summed E-state index contributed by atoms with van der Waals surface area (Å²) in [6.07, 6.45) is 2.98. The minimum atomic E-state index is -0.210. The van der Waals surface area contributed by atoms with E-state index in [9.17, 15) is 9.90 Å². The van der Waals surface area contributed by atoms with Gasteiger partial charge in [0.05, 0.1) is 11.6 Å². The number of hydrogen-bond acceptors (Lipinski definition) is 4. The Labute approximate surface area is 123 Å². The first-order valence-corrected chi connectivity index (χ1v) is 7.49. The summed E-state index contributed by atoms with van der Waals surface area (Å²) in [4.78, 5) is 12.3. The zero-order chi connectivity index (χ0) is 14.8. The predicted octanol–water partition coefficient (Wildman–Crippen LogP) is 1.48. The van der Waals surface area contributed by atoms with Crippen LogP contribution >= 0.6 is 0 Å². The second-order valence-electron chi connectivity index (χ2n) is 5.59. The number of nitrogens with zero attached hydrogens (tertiary/aromatic N) is 3. The number of rotatable bonds is 3. The molecule has 6 nitrogen and oxygen atoms in total. The number of carbonyl (C=O) groups is 1. The molecular formula is C15H20N4O2. The van der Waals surface area contributed by atoms with E-state index in [2.05, 4.69) is 15.6 Å². The van der Waals surface area contributed by atoms with Gasteiger partial charge in [-0.3, -0.25) is 4.79 Å². The highest BCUT2D eigenvalue weighted by Crippen LogP contribution is 2.19. The van der Waals surface area contributed by atoms with Crippen LogP contribution in [0.25, 0.3) is 11.0 Å². The molecule has 0 saturated heterocycles. The van der Waals surface area contributed by atoms with Crippen LogP contribution in [-0.4, -0.2) is 38.2 Å². The Balaban J connectivity index is 1.72. The van der Waals surface area contributed by atoms with E-state index in [1.807, 2.05) is 19.1 Å². The molecule has 1 heterocycles. The van der Waals surface area contributed by atoms with Gasteiger partial charge >= 0.3 is 0 Å². The van der Waals surface area contributed by atoms with Crippen molar-refractivity contribution in [1.29, 1.82) is 0 Å². The Kier molecular flexibility index (Phi) is 3.88. The van der Waals surface area contributed by atoms with Gasteiger partial charge in [-0.25, -0.2) is 4.68 Å². The van der Waals surface area contributed by atoms with Crippen LogP contribution in [0.5, 0.6) is 0 Å². The smallest absolute Gasteiger partial charge is 0.251 e. The molecule has 0 spiro atoms. The van der Waals surface area contributed by atoms with E-state index in [4.69, 9.17) is 0 Å². The standard InChI is InChI=1S/C15H20N4O2/c1-2-19-14-8-3-10(9-13(14)17-18-19)15(21)16-11-4-6-12(20)7-5-11/h3,8-9,11-12,20H,2,4-7H2,1H3,(H,16,21). The lowest BCUT2D eigenvalue weighted by Crippen LogP contribution is -2.38. The topological polar surface area (TPSA) is 80.0 Å². The summed E-state index contributed by atoms with van der Waals surface area (Å²) in [7, 11) is 0. The first-order chi connectivity index (χ1) is 10.2. The van der Waals surface area contributed by atoms with Gasteiger partial charge in [-0.05, 0) is 50.8 Å². The molecule has 1 saturated carbocycles. The van der Waals surface area contributed by atoms with E-state index < -0.39 is 0 Å². The molecule has 1 amide bonds. The Hall–Kier alpha value is -1.95. The molecule has 1 aliphatic rings. The number of carbonyl (C=O) groups excluding carboxylic acids is 1. The zero-order valence-electron chi connectivity index (χ0n) is 12.1. The molecule has 112 valence electrons. The summed E-state index contributed by atoms with van der Waals surface area (Å²) < 4.78 is 1.81. The van der Waals surface area contributed by atoms with Crippen LogP contribution in [0.1, 0.15) is 43.0 Å². The van der Waals surface area contributed by atoms with Crippen LogP contribution in [0, 0.1) is 0 Å². The predicted molar refractivity (Wildman–Crippen MR) is 78.9 cm³/mol. The monoisotopic (exact) mass is 288 g/mol. The van der Waals surface area contributed by atoms with Crippen molar-refractivity contribution < 1.29 is 9.90 Å². The number of fused-ring (bicyclic) bond motifs is 1. The number of aliphatic hydroxyl groups excluding tert-OH is 1. The van der Waals surface area contributed by atoms with Crippen LogP contribution in [0.2, 0.25) is 0 Å². The maximum atomic E-state index is 12.3. The Morgan fingerprint density at radius 1 is 1.38 bits per heavy atom. The molecule has 0 aliphatic heterocycles. The van der Waals surface area contributed by atoms with Crippen molar-refractivity contribution in [2.24, 2.45) is 0 Å². The van der Waals surface area contributed by atoms with Crippen molar-refractivity contribution in [3.8, 4) is 0 Å². The third kappa shape index (κ3) is 2.90. The lowest BCUT2D eigenvalue weighted by molar-refractivity contribution is 0.0868. The van der Waals surface area contributed by atoms with Gasteiger partial charge in [0.15, 0.2) is 0 Å². The molecule has 1 aliphatic carbocycles. The molecule has 0 atom stereocenters. The molecular weight excluding hydrogens is 268 g/mol. The SMILES string of the molecule is CCn1nnc2cc(C(=O)NC3CCC(O)CC3)ccc21. The highest BCUT2D eigenvalue weighted by atomic mass is 16.3. The number of hydrogen-bond donors (Lipinski definition) is 2. The van der Waals surface area contributed by atoms with Gasteiger partial charge in [0, 0.05) is 18.2 Å². The Bertz CT molecular complexity index is 644. The molecule has 21 heavy (non-hydrogen) atoms. The maximum absolute atomic E-state index is 12.3. The zero-order valence-corrected chi connectivity index (χ0v) is 12.1. The maximum Gasteiger partial charge on any atom is 0.251 e. The lowest BCUT2D eigenvalue weighted by Gasteiger charge is -2.26. The summed E-state index contributed by atoms with van der Waals surface area (Å²) >= 11 is 0. The van der Waals surface area contributed by atoms with Gasteiger partial charge in [0.25, 0.3) is 5.91 Å². The minimum Gasteiger partial charge on any atom is -0.393 e. The number of nitrogens with one attached hydrogen (secondary N) is 1. The van der Waals surface area contributed by atoms with Crippen LogP contribution < -0.4 is 5.32 Å². The van der Waals surface area contributed by atoms with Crippen molar-refractivity contribution in [3.05, 3.63) is 23.8 Å². The average Bonchev–Trinajstić information content (AvgIpc) is 2.91. The third-order valence-electron chi connectivity index (χ3n) is 4.11. The van der Waals surface area contributed by atoms with Crippen LogP contribution in [0.15, 0.2) is 18.2 Å². The van der Waals surface area contributed by atoms with Gasteiger partial charge in [-0.1, -0.05) is 5.21 Å². The number of aromatic nitrogens is 3. The van der Waals surface area contributed by atoms with Crippen molar-refractivity contribution >= 4 is 16.9 Å². The fourth-order valence-corrected chi connectivity index (χ4v) is 2.84. The number of aryl methyl sites for hydroxylation is 1. The van der Waals surface area contributed by atoms with Crippen LogP contribution in [-0.2, 0) is 6.54 Å². The Morgan fingerprint density at radius 3 is 2.86 bits per heavy atom. The molecule has 0 radical (unpaired) electrons. The summed E-state index contributed by atoms with van der Waals surface area (Å²) in [5, 5.41) is 20.7. The minimum absolute atomic E-state index is 0.0793. The summed E-state index contributed by atoms with van der Waals surface area (Å²) in [6.45, 7) is 2.76. The van der Waals surface area contributed by atoms with Gasteiger partial charge in [0.2, 0.25) is 0 Å². The molecule has 1 aromatic heterocycles. The molecule has 6 heteroatoms. The van der Waals surface area contributed by atoms with E-state index in [0.717, 1.165) is 43.3 Å². The van der Waals surface area contributed by atoms with Gasteiger partial charge < -0.3 is 10.4 Å². The normalized spacial score (nSPS) is 22.4. The molecule has 2 N–H and O–H groups in total. The Morgan fingerprint density at radius 2 is 2.14 bits per heavy atom. The molecule has 2 aromatic rings. The van der Waals surface area contributed by atoms with Crippen molar-refractivity contribution in [3.63, 3.8) is 0 Å². The van der Waals surface area contributed by atoms with Gasteiger partial charge in [-0.2, -0.15) is 0 Å². The number of aliphatic hydroxyl groups is 1. The van der Waals surface area contributed by atoms with E-state index in [0.29, 0.717) is 5.56 Å². The van der Waals surface area contributed by atoms with Gasteiger partial charge in [-0.15, -0.1) is 5.10 Å². The van der Waals surface area contributed by atoms with Crippen LogP contribution in [0.4, 0.5) is 0 Å². The van der Waals surface area contributed by atoms with Crippen LogP contribution in [0.3, 0.4) is 0 Å². The second kappa shape index (κ2) is 5.81. The summed E-state index contributed by atoms with van der Waals surface area (Å²) in [6, 6.07) is 5.63. The molecule has 0 unspecified atom stereocenters. The summed E-state index contributed by atoms with van der Waals surface area (Å²) in [5.41, 5.74) is 2.29. The van der Waals surface area contributed by atoms with E-state index in [1.165, 1.54) is 0 Å². The van der Waals surface area contributed by atoms with Crippen molar-refractivity contribution in [2.45, 2.75) is 51.3 Å². The van der Waals surface area contributed by atoms with E-state index in [-0.39, 0.29) is 18.1 Å². The fraction of sp³-hybridized carbons (Fsp3) is 0.533. The highest BCUT2D eigenvalue weighted by Gasteiger charge is 2.21. The molecule has 1 fully saturated rings. The third-order valence-corrected chi connectivity index (χ3v) is 4.11. The first-order valence-electron chi connectivity index (χ1n) is 7.49. The van der Waals surface area contributed by atoms with E-state index in [1.54, 1.807) is 10.7 Å². The number of amides is 1. The number of benzene rings is 1. The second-order valence-corrected chi connectivity index (χ2v) is 5.59. The molecule has 1 aromatic carbocycles. The molecule has 3 rings (SSSR count). The van der Waals surface area contributed by atoms with Crippen molar-refractivity contribution in [1.82, 2.24) is 20.3 Å². The first kappa shape index (κ1) is 14.0. The summed E-state index contributed by atoms with van der Waals surface area (Å²) in [5.74, 6) is -0.0793.